The van der Waals surface area contributed by atoms with E-state index in [2.05, 4.69) is 27.1 Å². The van der Waals surface area contributed by atoms with E-state index in [0.29, 0.717) is 6.04 Å². The van der Waals surface area contributed by atoms with Crippen LogP contribution < -0.4 is 5.32 Å². The Morgan fingerprint density at radius 3 is 2.31 bits per heavy atom. The monoisotopic (exact) mass is 220 g/mol. The van der Waals surface area contributed by atoms with Crippen LogP contribution >= 0.6 is 0 Å². The lowest BCUT2D eigenvalue weighted by molar-refractivity contribution is 0.179. The van der Waals surface area contributed by atoms with Crippen LogP contribution in [0.1, 0.15) is 30.2 Å². The molecule has 0 radical (unpaired) electrons. The van der Waals surface area contributed by atoms with Crippen molar-refractivity contribution in [1.29, 1.82) is 0 Å². The van der Waals surface area contributed by atoms with Gasteiger partial charge in [-0.25, -0.2) is 9.97 Å². The average molecular weight is 220 g/mol. The van der Waals surface area contributed by atoms with Gasteiger partial charge in [0.25, 0.3) is 0 Å². The first-order chi connectivity index (χ1) is 7.66. The summed E-state index contributed by atoms with van der Waals surface area (Å²) in [6.07, 6.45) is 0. The minimum Gasteiger partial charge on any atom is -0.314 e. The summed E-state index contributed by atoms with van der Waals surface area (Å²) >= 11 is 0. The highest BCUT2D eigenvalue weighted by Crippen LogP contribution is 2.17. The van der Waals surface area contributed by atoms with Gasteiger partial charge in [0.2, 0.25) is 0 Å². The highest BCUT2D eigenvalue weighted by Gasteiger charge is 2.20. The first kappa shape index (κ1) is 11.5. The van der Waals surface area contributed by atoms with Crippen molar-refractivity contribution in [3.8, 4) is 0 Å². The van der Waals surface area contributed by atoms with Crippen molar-refractivity contribution in [2.45, 2.75) is 26.8 Å². The van der Waals surface area contributed by atoms with Crippen LogP contribution in [0.4, 0.5) is 0 Å². The molecule has 1 aliphatic rings. The van der Waals surface area contributed by atoms with Crippen molar-refractivity contribution in [1.82, 2.24) is 20.2 Å². The highest BCUT2D eigenvalue weighted by molar-refractivity contribution is 5.10. The third-order valence-electron chi connectivity index (χ3n) is 3.07. The molecule has 1 unspecified atom stereocenters. The second-order valence-electron chi connectivity index (χ2n) is 4.47. The van der Waals surface area contributed by atoms with E-state index < -0.39 is 0 Å². The van der Waals surface area contributed by atoms with Gasteiger partial charge in [0, 0.05) is 37.6 Å². The summed E-state index contributed by atoms with van der Waals surface area (Å²) in [5, 5.41) is 3.36. The highest BCUT2D eigenvalue weighted by atomic mass is 15.2. The van der Waals surface area contributed by atoms with Gasteiger partial charge in [-0.3, -0.25) is 4.90 Å². The van der Waals surface area contributed by atoms with Gasteiger partial charge in [-0.2, -0.15) is 0 Å². The van der Waals surface area contributed by atoms with Crippen molar-refractivity contribution in [2.24, 2.45) is 0 Å². The number of aryl methyl sites for hydroxylation is 2. The molecular weight excluding hydrogens is 200 g/mol. The first-order valence-electron chi connectivity index (χ1n) is 5.94. The van der Waals surface area contributed by atoms with Crippen LogP contribution in [0.25, 0.3) is 0 Å². The number of nitrogens with one attached hydrogen (secondary N) is 1. The molecule has 1 aliphatic heterocycles. The number of hydrogen-bond donors (Lipinski definition) is 1. The van der Waals surface area contributed by atoms with Crippen molar-refractivity contribution in [3.63, 3.8) is 0 Å². The van der Waals surface area contributed by atoms with Crippen LogP contribution in [0, 0.1) is 13.8 Å². The minimum absolute atomic E-state index is 0.320. The van der Waals surface area contributed by atoms with Crippen LogP contribution in [0.3, 0.4) is 0 Å². The van der Waals surface area contributed by atoms with Gasteiger partial charge in [-0.1, -0.05) is 0 Å². The maximum Gasteiger partial charge on any atom is 0.145 e. The van der Waals surface area contributed by atoms with Crippen molar-refractivity contribution >= 4 is 0 Å². The quantitative estimate of drug-likeness (QED) is 0.809. The molecule has 2 rings (SSSR count). The molecule has 0 aromatic carbocycles. The second kappa shape index (κ2) is 4.89. The Hall–Kier alpha value is -1.00. The fraction of sp³-hybridized carbons (Fsp3) is 0.667. The van der Waals surface area contributed by atoms with Gasteiger partial charge in [0.1, 0.15) is 5.82 Å². The summed E-state index contributed by atoms with van der Waals surface area (Å²) in [4.78, 5) is 11.5. The van der Waals surface area contributed by atoms with Crippen molar-refractivity contribution < 1.29 is 0 Å². The maximum atomic E-state index is 4.54. The van der Waals surface area contributed by atoms with Crippen LogP contribution in [0.15, 0.2) is 6.07 Å². The Bertz CT molecular complexity index is 338. The molecular formula is C12H20N4. The fourth-order valence-corrected chi connectivity index (χ4v) is 2.17. The van der Waals surface area contributed by atoms with Crippen molar-refractivity contribution in [2.75, 3.05) is 26.2 Å². The van der Waals surface area contributed by atoms with Crippen molar-refractivity contribution in [3.05, 3.63) is 23.3 Å². The molecule has 0 aliphatic carbocycles. The molecule has 1 atom stereocenters. The zero-order chi connectivity index (χ0) is 11.5. The van der Waals surface area contributed by atoms with Gasteiger partial charge >= 0.3 is 0 Å². The third kappa shape index (κ3) is 2.57. The summed E-state index contributed by atoms with van der Waals surface area (Å²) < 4.78 is 0. The van der Waals surface area contributed by atoms with E-state index in [-0.39, 0.29) is 0 Å². The Morgan fingerprint density at radius 1 is 1.19 bits per heavy atom. The average Bonchev–Trinajstić information content (AvgIpc) is 2.28. The predicted molar refractivity (Wildman–Crippen MR) is 64.4 cm³/mol. The van der Waals surface area contributed by atoms with Gasteiger partial charge in [-0.15, -0.1) is 0 Å². The SMILES string of the molecule is Cc1cc(C)nc(C(C)N2CCNCC2)n1. The molecule has 88 valence electrons. The number of nitrogens with zero attached hydrogens (tertiary/aromatic N) is 3. The Kier molecular flexibility index (Phi) is 3.51. The molecule has 4 nitrogen and oxygen atoms in total. The molecule has 2 heterocycles. The Balaban J connectivity index is 2.15. The third-order valence-corrected chi connectivity index (χ3v) is 3.07. The zero-order valence-corrected chi connectivity index (χ0v) is 10.3. The molecule has 0 saturated carbocycles. The molecule has 1 fully saturated rings. The lowest BCUT2D eigenvalue weighted by Gasteiger charge is -2.32. The number of hydrogen-bond acceptors (Lipinski definition) is 4. The minimum atomic E-state index is 0.320. The summed E-state index contributed by atoms with van der Waals surface area (Å²) in [6.45, 7) is 10.5. The summed E-state index contributed by atoms with van der Waals surface area (Å²) in [5.41, 5.74) is 2.12. The molecule has 0 bridgehead atoms. The molecule has 1 N–H and O–H groups in total. The molecule has 1 aromatic heterocycles. The predicted octanol–water partition coefficient (Wildman–Crippen LogP) is 1.06. The Labute approximate surface area is 97.1 Å². The molecule has 1 aromatic rings. The first-order valence-corrected chi connectivity index (χ1v) is 5.94. The van der Waals surface area contributed by atoms with Gasteiger partial charge in [0.15, 0.2) is 0 Å². The normalized spacial score (nSPS) is 19.7. The van der Waals surface area contributed by atoms with Gasteiger partial charge in [0.05, 0.1) is 6.04 Å². The number of aromatic nitrogens is 2. The van der Waals surface area contributed by atoms with Gasteiger partial charge in [-0.05, 0) is 26.8 Å². The largest absolute Gasteiger partial charge is 0.314 e. The lowest BCUT2D eigenvalue weighted by Crippen LogP contribution is -2.44. The lowest BCUT2D eigenvalue weighted by atomic mass is 10.2. The second-order valence-corrected chi connectivity index (χ2v) is 4.47. The molecule has 0 spiro atoms. The Morgan fingerprint density at radius 2 is 1.75 bits per heavy atom. The van der Waals surface area contributed by atoms with Crippen LogP contribution in [-0.4, -0.2) is 41.0 Å². The van der Waals surface area contributed by atoms with E-state index in [9.17, 15) is 0 Å². The summed E-state index contributed by atoms with van der Waals surface area (Å²) in [6, 6.07) is 2.34. The van der Waals surface area contributed by atoms with Crippen LogP contribution in [-0.2, 0) is 0 Å². The summed E-state index contributed by atoms with van der Waals surface area (Å²) in [5.74, 6) is 0.958. The molecule has 16 heavy (non-hydrogen) atoms. The standard InChI is InChI=1S/C12H20N4/c1-9-8-10(2)15-12(14-9)11(3)16-6-4-13-5-7-16/h8,11,13H,4-7H2,1-3H3. The van der Waals surface area contributed by atoms with Crippen LogP contribution in [0.2, 0.25) is 0 Å². The topological polar surface area (TPSA) is 41.1 Å². The zero-order valence-electron chi connectivity index (χ0n) is 10.3. The summed E-state index contributed by atoms with van der Waals surface area (Å²) in [7, 11) is 0. The smallest absolute Gasteiger partial charge is 0.145 e. The molecule has 0 amide bonds. The molecule has 1 saturated heterocycles. The van der Waals surface area contributed by atoms with E-state index in [1.54, 1.807) is 0 Å². The van der Waals surface area contributed by atoms with E-state index in [1.165, 1.54) is 0 Å². The number of piperazine rings is 1. The molecule has 4 heteroatoms. The van der Waals surface area contributed by atoms with E-state index in [4.69, 9.17) is 0 Å². The van der Waals surface area contributed by atoms with E-state index in [1.807, 2.05) is 19.9 Å². The fourth-order valence-electron chi connectivity index (χ4n) is 2.17. The van der Waals surface area contributed by atoms with E-state index >= 15 is 0 Å². The van der Waals surface area contributed by atoms with E-state index in [0.717, 1.165) is 43.4 Å². The number of rotatable bonds is 2. The van der Waals surface area contributed by atoms with Crippen LogP contribution in [0.5, 0.6) is 0 Å². The maximum absolute atomic E-state index is 4.54. The van der Waals surface area contributed by atoms with Gasteiger partial charge < -0.3 is 5.32 Å².